The van der Waals surface area contributed by atoms with Gasteiger partial charge in [0.2, 0.25) is 0 Å². The van der Waals surface area contributed by atoms with Gasteiger partial charge in [0.25, 0.3) is 0 Å². The molecule has 0 spiro atoms. The Hall–Kier alpha value is -2.82. The number of para-hydroxylation sites is 1. The number of anilines is 2. The van der Waals surface area contributed by atoms with Gasteiger partial charge in [-0.3, -0.25) is 4.90 Å². The van der Waals surface area contributed by atoms with E-state index in [0.717, 1.165) is 45.7 Å². The minimum Gasteiger partial charge on any atom is -0.378 e. The van der Waals surface area contributed by atoms with Crippen LogP contribution in [0.1, 0.15) is 22.7 Å². The Labute approximate surface area is 199 Å². The van der Waals surface area contributed by atoms with E-state index in [1.165, 1.54) is 28.1 Å². The van der Waals surface area contributed by atoms with Crippen molar-refractivity contribution >= 4 is 11.4 Å². The van der Waals surface area contributed by atoms with Gasteiger partial charge in [0, 0.05) is 64.2 Å². The molecule has 1 saturated heterocycles. The zero-order valence-electron chi connectivity index (χ0n) is 20.4. The highest BCUT2D eigenvalue weighted by molar-refractivity contribution is 5.47. The minimum absolute atomic E-state index is 0.386. The molecule has 0 aromatic heterocycles. The first kappa shape index (κ1) is 23.3. The molecule has 1 atom stereocenters. The third-order valence-electron chi connectivity index (χ3n) is 6.72. The molecule has 1 aliphatic heterocycles. The van der Waals surface area contributed by atoms with Crippen molar-refractivity contribution in [1.82, 2.24) is 10.2 Å². The van der Waals surface area contributed by atoms with Crippen LogP contribution in [-0.2, 0) is 6.42 Å². The van der Waals surface area contributed by atoms with Crippen LogP contribution in [0.3, 0.4) is 0 Å². The van der Waals surface area contributed by atoms with E-state index in [9.17, 15) is 0 Å². The van der Waals surface area contributed by atoms with Gasteiger partial charge in [-0.25, -0.2) is 0 Å². The van der Waals surface area contributed by atoms with Gasteiger partial charge in [0.05, 0.1) is 0 Å². The van der Waals surface area contributed by atoms with Crippen molar-refractivity contribution in [2.75, 3.05) is 63.2 Å². The van der Waals surface area contributed by atoms with Gasteiger partial charge in [-0.1, -0.05) is 60.2 Å². The standard InChI is InChI=1S/C29H38N4/c1-24-9-11-25(12-10-24)17-18-30-23-29(26-13-15-27(16-14-26)31(2)3)33-21-19-32(20-22-33)28-7-5-4-6-8-28/h4-16,29-30H,17-23H2,1-3H3. The van der Waals surface area contributed by atoms with Crippen molar-refractivity contribution in [3.63, 3.8) is 0 Å². The summed E-state index contributed by atoms with van der Waals surface area (Å²) in [4.78, 5) is 7.33. The Morgan fingerprint density at radius 3 is 2.12 bits per heavy atom. The van der Waals surface area contributed by atoms with Crippen LogP contribution in [0.2, 0.25) is 0 Å². The fourth-order valence-electron chi connectivity index (χ4n) is 4.61. The SMILES string of the molecule is Cc1ccc(CCNCC(c2ccc(N(C)C)cc2)N2CCN(c3ccccc3)CC2)cc1. The van der Waals surface area contributed by atoms with Crippen LogP contribution in [0.25, 0.3) is 0 Å². The second-order valence-corrected chi connectivity index (χ2v) is 9.30. The third-order valence-corrected chi connectivity index (χ3v) is 6.72. The number of benzene rings is 3. The van der Waals surface area contributed by atoms with E-state index < -0.39 is 0 Å². The number of nitrogens with one attached hydrogen (secondary N) is 1. The minimum atomic E-state index is 0.386. The van der Waals surface area contributed by atoms with Crippen molar-refractivity contribution in [2.45, 2.75) is 19.4 Å². The van der Waals surface area contributed by atoms with E-state index in [1.54, 1.807) is 0 Å². The van der Waals surface area contributed by atoms with E-state index in [0.29, 0.717) is 6.04 Å². The summed E-state index contributed by atoms with van der Waals surface area (Å²) < 4.78 is 0. The highest BCUT2D eigenvalue weighted by atomic mass is 15.3. The molecule has 1 fully saturated rings. The molecule has 0 bridgehead atoms. The van der Waals surface area contributed by atoms with Crippen LogP contribution in [0.5, 0.6) is 0 Å². The Balaban J connectivity index is 1.39. The average Bonchev–Trinajstić information content (AvgIpc) is 2.86. The molecule has 4 nitrogen and oxygen atoms in total. The maximum absolute atomic E-state index is 3.76. The first-order valence-corrected chi connectivity index (χ1v) is 12.2. The summed E-state index contributed by atoms with van der Waals surface area (Å²) in [5.41, 5.74) is 6.70. The molecule has 0 amide bonds. The van der Waals surface area contributed by atoms with Crippen LogP contribution in [0.15, 0.2) is 78.9 Å². The number of rotatable bonds is 9. The molecule has 33 heavy (non-hydrogen) atoms. The Bertz CT molecular complexity index is 959. The van der Waals surface area contributed by atoms with Crippen LogP contribution in [-0.4, -0.2) is 58.3 Å². The van der Waals surface area contributed by atoms with Crippen LogP contribution in [0.4, 0.5) is 11.4 Å². The molecule has 1 aliphatic rings. The molecule has 0 aliphatic carbocycles. The molecule has 1 heterocycles. The number of aryl methyl sites for hydroxylation is 1. The predicted octanol–water partition coefficient (Wildman–Crippen LogP) is 4.76. The summed E-state index contributed by atoms with van der Waals surface area (Å²) in [5, 5.41) is 3.76. The van der Waals surface area contributed by atoms with Gasteiger partial charge in [-0.05, 0) is 55.3 Å². The molecular formula is C29H38N4. The summed E-state index contributed by atoms with van der Waals surface area (Å²) in [6.07, 6.45) is 1.06. The zero-order chi connectivity index (χ0) is 23.0. The van der Waals surface area contributed by atoms with Gasteiger partial charge in [-0.15, -0.1) is 0 Å². The monoisotopic (exact) mass is 442 g/mol. The Morgan fingerprint density at radius 1 is 0.818 bits per heavy atom. The molecule has 4 rings (SSSR count). The number of piperazine rings is 1. The Kier molecular flexibility index (Phi) is 8.03. The van der Waals surface area contributed by atoms with Crippen LogP contribution in [0, 0.1) is 6.92 Å². The number of nitrogens with zero attached hydrogens (tertiary/aromatic N) is 3. The lowest BCUT2D eigenvalue weighted by Crippen LogP contribution is -2.49. The molecule has 3 aromatic rings. The lowest BCUT2D eigenvalue weighted by atomic mass is 10.0. The molecule has 0 radical (unpaired) electrons. The normalized spacial score (nSPS) is 15.4. The van der Waals surface area contributed by atoms with Crippen molar-refractivity contribution in [3.05, 3.63) is 95.6 Å². The molecule has 174 valence electrons. The summed E-state index contributed by atoms with van der Waals surface area (Å²) >= 11 is 0. The van der Waals surface area contributed by atoms with E-state index in [2.05, 4.69) is 120 Å². The van der Waals surface area contributed by atoms with Crippen LogP contribution >= 0.6 is 0 Å². The topological polar surface area (TPSA) is 21.8 Å². The number of hydrogen-bond donors (Lipinski definition) is 1. The highest BCUT2D eigenvalue weighted by Gasteiger charge is 2.25. The lowest BCUT2D eigenvalue weighted by Gasteiger charge is -2.40. The van der Waals surface area contributed by atoms with Crippen molar-refractivity contribution < 1.29 is 0 Å². The zero-order valence-corrected chi connectivity index (χ0v) is 20.4. The summed E-state index contributed by atoms with van der Waals surface area (Å²) in [7, 11) is 4.20. The molecule has 4 heteroatoms. The van der Waals surface area contributed by atoms with Gasteiger partial charge in [0.1, 0.15) is 0 Å². The molecule has 1 unspecified atom stereocenters. The fourth-order valence-corrected chi connectivity index (χ4v) is 4.61. The second kappa shape index (κ2) is 11.4. The van der Waals surface area contributed by atoms with Crippen molar-refractivity contribution in [1.29, 1.82) is 0 Å². The molecule has 0 saturated carbocycles. The molecular weight excluding hydrogens is 404 g/mol. The summed E-state index contributed by atoms with van der Waals surface area (Å²) in [6.45, 7) is 8.41. The van der Waals surface area contributed by atoms with E-state index >= 15 is 0 Å². The Morgan fingerprint density at radius 2 is 1.48 bits per heavy atom. The molecule has 1 N–H and O–H groups in total. The maximum Gasteiger partial charge on any atom is 0.0474 e. The first-order valence-electron chi connectivity index (χ1n) is 12.2. The number of hydrogen-bond acceptors (Lipinski definition) is 4. The highest BCUT2D eigenvalue weighted by Crippen LogP contribution is 2.25. The lowest BCUT2D eigenvalue weighted by molar-refractivity contribution is 0.182. The van der Waals surface area contributed by atoms with E-state index in [-0.39, 0.29) is 0 Å². The third kappa shape index (κ3) is 6.37. The van der Waals surface area contributed by atoms with Gasteiger partial charge in [0.15, 0.2) is 0 Å². The fraction of sp³-hybridized carbons (Fsp3) is 0.379. The van der Waals surface area contributed by atoms with E-state index in [1.807, 2.05) is 0 Å². The van der Waals surface area contributed by atoms with Crippen molar-refractivity contribution in [3.8, 4) is 0 Å². The maximum atomic E-state index is 3.76. The van der Waals surface area contributed by atoms with Gasteiger partial charge in [-0.2, -0.15) is 0 Å². The van der Waals surface area contributed by atoms with Gasteiger partial charge >= 0.3 is 0 Å². The van der Waals surface area contributed by atoms with Crippen molar-refractivity contribution in [2.24, 2.45) is 0 Å². The second-order valence-electron chi connectivity index (χ2n) is 9.30. The largest absolute Gasteiger partial charge is 0.378 e. The quantitative estimate of drug-likeness (QED) is 0.483. The summed E-state index contributed by atoms with van der Waals surface area (Å²) in [5.74, 6) is 0. The first-order chi connectivity index (χ1) is 16.1. The van der Waals surface area contributed by atoms with E-state index in [4.69, 9.17) is 0 Å². The van der Waals surface area contributed by atoms with Crippen LogP contribution < -0.4 is 15.1 Å². The average molecular weight is 443 g/mol. The molecule has 3 aromatic carbocycles. The summed E-state index contributed by atoms with van der Waals surface area (Å²) in [6, 6.07) is 29.2. The predicted molar refractivity (Wildman–Crippen MR) is 141 cm³/mol. The smallest absolute Gasteiger partial charge is 0.0474 e. The van der Waals surface area contributed by atoms with Gasteiger partial charge < -0.3 is 15.1 Å².